The lowest BCUT2D eigenvalue weighted by Gasteiger charge is -2.10. The van der Waals surface area contributed by atoms with Crippen LogP contribution in [-0.2, 0) is 19.1 Å². The summed E-state index contributed by atoms with van der Waals surface area (Å²) in [4.78, 5) is 3.54. The van der Waals surface area contributed by atoms with Gasteiger partial charge in [0.25, 0.3) is 0 Å². The summed E-state index contributed by atoms with van der Waals surface area (Å²) in [6.07, 6.45) is -1.72. The first-order valence-electron chi connectivity index (χ1n) is 5.18. The van der Waals surface area contributed by atoms with Crippen LogP contribution in [-0.4, -0.2) is 9.55 Å². The Labute approximate surface area is 96.7 Å². The Morgan fingerprint density at radius 3 is 2.47 bits per heavy atom. The van der Waals surface area contributed by atoms with Gasteiger partial charge in [-0.25, -0.2) is 4.98 Å². The number of alkyl halides is 3. The highest BCUT2D eigenvalue weighted by Crippen LogP contribution is 2.28. The topological polar surface area (TPSA) is 17.8 Å². The van der Waals surface area contributed by atoms with Crippen LogP contribution in [0.25, 0.3) is 0 Å². The third kappa shape index (κ3) is 2.87. The van der Waals surface area contributed by atoms with Gasteiger partial charge in [0.2, 0.25) is 0 Å². The molecule has 1 heterocycles. The molecule has 1 aromatic carbocycles. The monoisotopic (exact) mass is 240 g/mol. The molecule has 0 bridgehead atoms. The highest BCUT2D eigenvalue weighted by Gasteiger charge is 2.34. The summed E-state index contributed by atoms with van der Waals surface area (Å²) in [5.41, 5.74) is 0.308. The molecule has 2 aromatic rings. The van der Waals surface area contributed by atoms with E-state index in [1.54, 1.807) is 0 Å². The van der Waals surface area contributed by atoms with Crippen molar-refractivity contribution in [3.05, 3.63) is 54.1 Å². The second-order valence-corrected chi connectivity index (χ2v) is 3.71. The molecular weight excluding hydrogens is 229 g/mol. The maximum atomic E-state index is 12.5. The maximum Gasteiger partial charge on any atom is 0.432 e. The Hall–Kier alpha value is -1.78. The summed E-state index contributed by atoms with van der Waals surface area (Å²) >= 11 is 0. The van der Waals surface area contributed by atoms with Crippen molar-refractivity contribution in [2.24, 2.45) is 0 Å². The van der Waals surface area contributed by atoms with Gasteiger partial charge in [0.1, 0.15) is 5.69 Å². The third-order valence-corrected chi connectivity index (χ3v) is 2.49. The minimum atomic E-state index is -4.34. The van der Waals surface area contributed by atoms with E-state index in [0.717, 1.165) is 16.3 Å². The Kier molecular flexibility index (Phi) is 3.17. The average molecular weight is 240 g/mol. The summed E-state index contributed by atoms with van der Waals surface area (Å²) in [5.74, 6) is 0. The molecule has 0 N–H and O–H groups in total. The van der Waals surface area contributed by atoms with E-state index in [9.17, 15) is 13.2 Å². The van der Waals surface area contributed by atoms with E-state index < -0.39 is 11.9 Å². The van der Waals surface area contributed by atoms with Crippen LogP contribution in [0.4, 0.5) is 13.2 Å². The lowest BCUT2D eigenvalue weighted by atomic mass is 10.1. The Morgan fingerprint density at radius 2 is 1.82 bits per heavy atom. The van der Waals surface area contributed by atoms with Crippen LogP contribution in [0, 0.1) is 0 Å². The molecular formula is C12H11F3N2. The van der Waals surface area contributed by atoms with Gasteiger partial charge in [-0.15, -0.1) is 0 Å². The molecule has 1 aromatic heterocycles. The predicted octanol–water partition coefficient (Wildman–Crippen LogP) is 3.14. The van der Waals surface area contributed by atoms with Gasteiger partial charge in [-0.1, -0.05) is 30.3 Å². The molecule has 0 aliphatic rings. The molecule has 0 unspecified atom stereocenters. The number of rotatable bonds is 3. The number of imidazole rings is 1. The SMILES string of the molecule is FC(F)(F)c1cncn1CCc1ccccc1. The van der Waals surface area contributed by atoms with Gasteiger partial charge in [0.05, 0.1) is 12.5 Å². The summed E-state index contributed by atoms with van der Waals surface area (Å²) in [6.45, 7) is 0.277. The molecule has 0 radical (unpaired) electrons. The number of hydrogen-bond acceptors (Lipinski definition) is 1. The van der Waals surface area contributed by atoms with Crippen molar-refractivity contribution in [3.8, 4) is 0 Å². The number of nitrogens with zero attached hydrogens (tertiary/aromatic N) is 2. The van der Waals surface area contributed by atoms with Crippen LogP contribution in [0.5, 0.6) is 0 Å². The fourth-order valence-corrected chi connectivity index (χ4v) is 1.63. The van der Waals surface area contributed by atoms with Crippen molar-refractivity contribution in [2.75, 3.05) is 0 Å². The van der Waals surface area contributed by atoms with Crippen molar-refractivity contribution >= 4 is 0 Å². The molecule has 0 atom stereocenters. The van der Waals surface area contributed by atoms with Gasteiger partial charge in [-0.2, -0.15) is 13.2 Å². The summed E-state index contributed by atoms with van der Waals surface area (Å²) in [6, 6.07) is 9.40. The molecule has 0 saturated heterocycles. The van der Waals surface area contributed by atoms with E-state index in [4.69, 9.17) is 0 Å². The first-order chi connectivity index (χ1) is 8.07. The molecule has 0 saturated carbocycles. The van der Waals surface area contributed by atoms with Crippen LogP contribution in [0.15, 0.2) is 42.9 Å². The molecule has 0 fully saturated rings. The fourth-order valence-electron chi connectivity index (χ4n) is 1.63. The standard InChI is InChI=1S/C12H11F3N2/c13-12(14,15)11-8-16-9-17(11)7-6-10-4-2-1-3-5-10/h1-5,8-9H,6-7H2. The van der Waals surface area contributed by atoms with Crippen LogP contribution in [0.3, 0.4) is 0 Å². The van der Waals surface area contributed by atoms with Crippen molar-refractivity contribution < 1.29 is 13.2 Å². The lowest BCUT2D eigenvalue weighted by molar-refractivity contribution is -0.143. The second kappa shape index (κ2) is 4.61. The lowest BCUT2D eigenvalue weighted by Crippen LogP contribution is -2.14. The maximum absolute atomic E-state index is 12.5. The largest absolute Gasteiger partial charge is 0.432 e. The average Bonchev–Trinajstić information content (AvgIpc) is 2.75. The number of aryl methyl sites for hydroxylation is 2. The third-order valence-electron chi connectivity index (χ3n) is 2.49. The Bertz CT molecular complexity index is 474. The van der Waals surface area contributed by atoms with Crippen molar-refractivity contribution in [1.82, 2.24) is 9.55 Å². The summed E-state index contributed by atoms with van der Waals surface area (Å²) < 4.78 is 38.8. The minimum Gasteiger partial charge on any atom is -0.327 e. The van der Waals surface area contributed by atoms with Crippen LogP contribution in [0.1, 0.15) is 11.3 Å². The number of benzene rings is 1. The number of hydrogen-bond donors (Lipinski definition) is 0. The fraction of sp³-hybridized carbons (Fsp3) is 0.250. The second-order valence-electron chi connectivity index (χ2n) is 3.71. The highest BCUT2D eigenvalue weighted by molar-refractivity contribution is 5.15. The normalized spacial score (nSPS) is 11.7. The van der Waals surface area contributed by atoms with Crippen molar-refractivity contribution in [1.29, 1.82) is 0 Å². The Morgan fingerprint density at radius 1 is 1.12 bits per heavy atom. The van der Waals surface area contributed by atoms with Gasteiger partial charge in [0.15, 0.2) is 0 Å². The van der Waals surface area contributed by atoms with Gasteiger partial charge < -0.3 is 4.57 Å². The van der Waals surface area contributed by atoms with Crippen LogP contribution >= 0.6 is 0 Å². The van der Waals surface area contributed by atoms with Crippen molar-refractivity contribution in [2.45, 2.75) is 19.1 Å². The van der Waals surface area contributed by atoms with E-state index in [0.29, 0.717) is 6.42 Å². The predicted molar refractivity (Wildman–Crippen MR) is 57.4 cm³/mol. The van der Waals surface area contributed by atoms with Gasteiger partial charge in [-0.3, -0.25) is 0 Å². The van der Waals surface area contributed by atoms with Gasteiger partial charge in [0, 0.05) is 6.54 Å². The van der Waals surface area contributed by atoms with E-state index in [-0.39, 0.29) is 6.54 Å². The van der Waals surface area contributed by atoms with Crippen LogP contribution < -0.4 is 0 Å². The minimum absolute atomic E-state index is 0.277. The van der Waals surface area contributed by atoms with Gasteiger partial charge in [-0.05, 0) is 12.0 Å². The Balaban J connectivity index is 2.08. The highest BCUT2D eigenvalue weighted by atomic mass is 19.4. The molecule has 90 valence electrons. The molecule has 0 aliphatic heterocycles. The first-order valence-corrected chi connectivity index (χ1v) is 5.18. The van der Waals surface area contributed by atoms with E-state index >= 15 is 0 Å². The zero-order valence-electron chi connectivity index (χ0n) is 8.98. The van der Waals surface area contributed by atoms with E-state index in [1.165, 1.54) is 6.33 Å². The van der Waals surface area contributed by atoms with Crippen molar-refractivity contribution in [3.63, 3.8) is 0 Å². The summed E-state index contributed by atoms with van der Waals surface area (Å²) in [7, 11) is 0. The molecule has 0 aliphatic carbocycles. The summed E-state index contributed by atoms with van der Waals surface area (Å²) in [5, 5.41) is 0. The first kappa shape index (κ1) is 11.7. The molecule has 2 rings (SSSR count). The van der Waals surface area contributed by atoms with Crippen LogP contribution in [0.2, 0.25) is 0 Å². The molecule has 0 spiro atoms. The molecule has 17 heavy (non-hydrogen) atoms. The molecule has 5 heteroatoms. The van der Waals surface area contributed by atoms with Gasteiger partial charge >= 0.3 is 6.18 Å². The molecule has 2 nitrogen and oxygen atoms in total. The van der Waals surface area contributed by atoms with E-state index in [1.807, 2.05) is 30.3 Å². The van der Waals surface area contributed by atoms with E-state index in [2.05, 4.69) is 4.98 Å². The zero-order valence-corrected chi connectivity index (χ0v) is 8.98. The molecule has 0 amide bonds. The quantitative estimate of drug-likeness (QED) is 0.805. The zero-order chi connectivity index (χ0) is 12.3. The smallest absolute Gasteiger partial charge is 0.327 e. The number of halogens is 3. The number of aromatic nitrogens is 2.